The minimum absolute atomic E-state index is 0.901. The summed E-state index contributed by atoms with van der Waals surface area (Å²) in [6.07, 6.45) is 8.06. The summed E-state index contributed by atoms with van der Waals surface area (Å²) in [5.41, 5.74) is 11.4. The van der Waals surface area contributed by atoms with Crippen LogP contribution in [0.15, 0.2) is 211 Å². The van der Waals surface area contributed by atoms with Gasteiger partial charge in [0.05, 0.1) is 16.4 Å². The van der Waals surface area contributed by atoms with Gasteiger partial charge in [0.1, 0.15) is 11.2 Å². The Bertz CT molecular complexity index is 2820. The highest BCUT2D eigenvalue weighted by molar-refractivity contribution is 6.23. The Labute approximate surface area is 309 Å². The lowest BCUT2D eigenvalue weighted by molar-refractivity contribution is 0.673. The summed E-state index contributed by atoms with van der Waals surface area (Å²) in [4.78, 5) is 4.59. The number of nitrogens with zero attached hydrogens (tertiary/aromatic N) is 3. The molecule has 53 heavy (non-hydrogen) atoms. The molecule has 0 saturated heterocycles. The maximum Gasteiger partial charge on any atom is 0.145 e. The van der Waals surface area contributed by atoms with E-state index < -0.39 is 0 Å². The van der Waals surface area contributed by atoms with Gasteiger partial charge in [0.25, 0.3) is 0 Å². The summed E-state index contributed by atoms with van der Waals surface area (Å²) in [6, 6.07) is 59.9. The van der Waals surface area contributed by atoms with Crippen molar-refractivity contribution >= 4 is 72.2 Å². The highest BCUT2D eigenvalue weighted by Gasteiger charge is 2.21. The molecule has 0 atom stereocenters. The van der Waals surface area contributed by atoms with E-state index in [4.69, 9.17) is 4.42 Å². The first-order valence-electron chi connectivity index (χ1n) is 17.9. The molecule has 0 saturated carbocycles. The van der Waals surface area contributed by atoms with E-state index in [1.54, 1.807) is 0 Å². The molecule has 0 N–H and O–H groups in total. The molecular formula is C49H37N3O. The van der Waals surface area contributed by atoms with E-state index in [-0.39, 0.29) is 0 Å². The van der Waals surface area contributed by atoms with E-state index in [1.807, 2.05) is 37.3 Å². The molecule has 0 aliphatic heterocycles. The van der Waals surface area contributed by atoms with Crippen molar-refractivity contribution in [3.63, 3.8) is 0 Å². The molecule has 0 aliphatic rings. The smallest absolute Gasteiger partial charge is 0.145 e. The number of fused-ring (bicyclic) bond motifs is 7. The Morgan fingerprint density at radius 3 is 1.98 bits per heavy atom. The number of aromatic nitrogens is 1. The third kappa shape index (κ3) is 5.58. The largest absolute Gasteiger partial charge is 0.455 e. The van der Waals surface area contributed by atoms with Gasteiger partial charge in [-0.05, 0) is 104 Å². The van der Waals surface area contributed by atoms with Crippen LogP contribution >= 0.6 is 0 Å². The zero-order valence-corrected chi connectivity index (χ0v) is 29.4. The summed E-state index contributed by atoms with van der Waals surface area (Å²) in [5.74, 6) is 0. The van der Waals surface area contributed by atoms with E-state index in [2.05, 4.69) is 185 Å². The van der Waals surface area contributed by atoms with Crippen LogP contribution in [0, 0.1) is 0 Å². The average Bonchev–Trinajstić information content (AvgIpc) is 3.75. The standard InChI is InChI=1S/C49H37N3O/c1-3-17-35(18-4-2)50(36-19-7-5-8-20-36)38-23-15-24-39(33-38)51(37-21-9-6-10-22-37)40-25-16-26-41(34-40)52-45-29-13-11-28-44(45)48-46(52)32-31-43-42-27-12-14-30-47(42)53-49(43)48/h3-34H,1H2,2H3/b18-4-,35-17+. The van der Waals surface area contributed by atoms with Gasteiger partial charge in [-0.3, -0.25) is 0 Å². The molecule has 0 unspecified atom stereocenters. The second kappa shape index (κ2) is 13.6. The molecule has 254 valence electrons. The Kier molecular flexibility index (Phi) is 8.18. The summed E-state index contributed by atoms with van der Waals surface area (Å²) in [6.45, 7) is 6.06. The third-order valence-corrected chi connectivity index (χ3v) is 9.79. The van der Waals surface area contributed by atoms with Crippen molar-refractivity contribution in [3.8, 4) is 5.69 Å². The monoisotopic (exact) mass is 683 g/mol. The number of para-hydroxylation sites is 4. The fourth-order valence-corrected chi connectivity index (χ4v) is 7.60. The first-order chi connectivity index (χ1) is 26.2. The number of rotatable bonds is 9. The highest BCUT2D eigenvalue weighted by Crippen LogP contribution is 2.43. The second-order valence-corrected chi connectivity index (χ2v) is 13.0. The molecular weight excluding hydrogens is 647 g/mol. The summed E-state index contributed by atoms with van der Waals surface area (Å²) >= 11 is 0. The summed E-state index contributed by atoms with van der Waals surface area (Å²) in [7, 11) is 0. The maximum atomic E-state index is 6.57. The lowest BCUT2D eigenvalue weighted by atomic mass is 10.1. The highest BCUT2D eigenvalue weighted by atomic mass is 16.3. The molecule has 0 amide bonds. The van der Waals surface area contributed by atoms with Gasteiger partial charge in [-0.25, -0.2) is 0 Å². The number of anilines is 5. The normalized spacial score (nSPS) is 12.0. The van der Waals surface area contributed by atoms with E-state index in [0.717, 1.165) is 83.6 Å². The van der Waals surface area contributed by atoms with Gasteiger partial charge >= 0.3 is 0 Å². The van der Waals surface area contributed by atoms with Gasteiger partial charge in [-0.1, -0.05) is 104 Å². The SMILES string of the molecule is C=C/C=C(\C=C/C)N(c1ccccc1)c1cccc(N(c2ccccc2)c2cccc(-n3c4ccccc4c4c5oc6ccccc6c5ccc43)c2)c1. The van der Waals surface area contributed by atoms with Gasteiger partial charge in [-0.15, -0.1) is 0 Å². The zero-order chi connectivity index (χ0) is 35.7. The first kappa shape index (κ1) is 31.9. The second-order valence-electron chi connectivity index (χ2n) is 13.0. The predicted octanol–water partition coefficient (Wildman–Crippen LogP) is 13.9. The molecule has 0 aliphatic carbocycles. The fourth-order valence-electron chi connectivity index (χ4n) is 7.60. The fraction of sp³-hybridized carbons (Fsp3) is 0.0204. The van der Waals surface area contributed by atoms with Crippen LogP contribution in [-0.4, -0.2) is 4.57 Å². The molecule has 4 nitrogen and oxygen atoms in total. The van der Waals surface area contributed by atoms with Crippen molar-refractivity contribution in [2.24, 2.45) is 0 Å². The van der Waals surface area contributed by atoms with Crippen LogP contribution in [0.1, 0.15) is 6.92 Å². The molecule has 7 aromatic carbocycles. The lowest BCUT2D eigenvalue weighted by Crippen LogP contribution is -2.16. The molecule has 0 radical (unpaired) electrons. The minimum atomic E-state index is 0.901. The molecule has 0 fully saturated rings. The van der Waals surface area contributed by atoms with Crippen molar-refractivity contribution in [2.45, 2.75) is 6.92 Å². The van der Waals surface area contributed by atoms with Gasteiger partial charge in [-0.2, -0.15) is 0 Å². The van der Waals surface area contributed by atoms with Crippen molar-refractivity contribution in [3.05, 3.63) is 206 Å². The summed E-state index contributed by atoms with van der Waals surface area (Å²) < 4.78 is 8.93. The van der Waals surface area contributed by atoms with Gasteiger partial charge in [0.2, 0.25) is 0 Å². The molecule has 9 rings (SSSR count). The molecule has 0 spiro atoms. The Balaban J connectivity index is 1.23. The lowest BCUT2D eigenvalue weighted by Gasteiger charge is -2.30. The summed E-state index contributed by atoms with van der Waals surface area (Å²) in [5, 5.41) is 4.55. The van der Waals surface area contributed by atoms with Crippen LogP contribution in [0.5, 0.6) is 0 Å². The van der Waals surface area contributed by atoms with Crippen molar-refractivity contribution < 1.29 is 4.42 Å². The molecule has 0 bridgehead atoms. The molecule has 9 aromatic rings. The maximum absolute atomic E-state index is 6.57. The number of benzene rings is 7. The zero-order valence-electron chi connectivity index (χ0n) is 29.4. The van der Waals surface area contributed by atoms with Crippen LogP contribution in [0.25, 0.3) is 49.4 Å². The van der Waals surface area contributed by atoms with E-state index in [9.17, 15) is 0 Å². The predicted molar refractivity (Wildman–Crippen MR) is 224 cm³/mol. The van der Waals surface area contributed by atoms with E-state index >= 15 is 0 Å². The number of hydrogen-bond acceptors (Lipinski definition) is 3. The van der Waals surface area contributed by atoms with Gasteiger partial charge in [0.15, 0.2) is 0 Å². The number of furan rings is 1. The topological polar surface area (TPSA) is 24.6 Å². The molecule has 4 heteroatoms. The minimum Gasteiger partial charge on any atom is -0.455 e. The van der Waals surface area contributed by atoms with E-state index in [0.29, 0.717) is 0 Å². The quantitative estimate of drug-likeness (QED) is 0.142. The Hall–Kier alpha value is -7.04. The van der Waals surface area contributed by atoms with Crippen LogP contribution in [0.2, 0.25) is 0 Å². The molecule has 2 heterocycles. The Morgan fingerprint density at radius 1 is 0.566 bits per heavy atom. The van der Waals surface area contributed by atoms with Crippen molar-refractivity contribution in [1.82, 2.24) is 4.57 Å². The van der Waals surface area contributed by atoms with Crippen LogP contribution in [0.4, 0.5) is 28.4 Å². The molecule has 2 aromatic heterocycles. The Morgan fingerprint density at radius 2 is 1.21 bits per heavy atom. The third-order valence-electron chi connectivity index (χ3n) is 9.79. The van der Waals surface area contributed by atoms with Gasteiger partial charge in [0, 0.05) is 56.0 Å². The van der Waals surface area contributed by atoms with Crippen LogP contribution in [-0.2, 0) is 0 Å². The van der Waals surface area contributed by atoms with Gasteiger partial charge < -0.3 is 18.8 Å². The number of allylic oxidation sites excluding steroid dienone is 4. The van der Waals surface area contributed by atoms with E-state index in [1.165, 1.54) is 0 Å². The first-order valence-corrected chi connectivity index (χ1v) is 17.9. The van der Waals surface area contributed by atoms with Crippen LogP contribution < -0.4 is 9.80 Å². The average molecular weight is 684 g/mol. The van der Waals surface area contributed by atoms with Crippen molar-refractivity contribution in [1.29, 1.82) is 0 Å². The van der Waals surface area contributed by atoms with Crippen molar-refractivity contribution in [2.75, 3.05) is 9.80 Å². The number of hydrogen-bond donors (Lipinski definition) is 0. The van der Waals surface area contributed by atoms with Crippen LogP contribution in [0.3, 0.4) is 0 Å².